The summed E-state index contributed by atoms with van der Waals surface area (Å²) < 4.78 is 6.58. The van der Waals surface area contributed by atoms with Crippen molar-refractivity contribution in [3.63, 3.8) is 0 Å². The predicted octanol–water partition coefficient (Wildman–Crippen LogP) is 13.9. The van der Waals surface area contributed by atoms with Crippen LogP contribution in [0, 0.1) is 0 Å². The fourth-order valence-electron chi connectivity index (χ4n) is 6.79. The van der Waals surface area contributed by atoms with E-state index in [0.717, 1.165) is 10.4 Å². The molecule has 9 rings (SSSR count). The van der Waals surface area contributed by atoms with Gasteiger partial charge in [-0.3, -0.25) is 0 Å². The molecule has 0 unspecified atom stereocenters. The molecule has 0 saturated carbocycles. The highest BCUT2D eigenvalue weighted by Gasteiger charge is 2.18. The van der Waals surface area contributed by atoms with E-state index in [1.165, 1.54) is 83.8 Å². The Kier molecular flexibility index (Phi) is 6.14. The van der Waals surface area contributed by atoms with Crippen molar-refractivity contribution < 1.29 is 0 Å². The molecule has 6 aromatic carbocycles. The Hall–Kier alpha value is -4.80. The summed E-state index contributed by atoms with van der Waals surface area (Å²) in [5.74, 6) is 0. The molecule has 3 aromatic heterocycles. The van der Waals surface area contributed by atoms with Gasteiger partial charge in [-0.1, -0.05) is 116 Å². The van der Waals surface area contributed by atoms with Crippen LogP contribution in [0.25, 0.3) is 96.0 Å². The molecule has 0 amide bonds. The monoisotopic (exact) mass is 626 g/mol. The number of thiophene rings is 3. The lowest BCUT2D eigenvalue weighted by atomic mass is 9.92. The minimum Gasteiger partial charge on any atom is -0.135 e. The average molecular weight is 627 g/mol. The van der Waals surface area contributed by atoms with Gasteiger partial charge in [-0.15, -0.1) is 34.0 Å². The van der Waals surface area contributed by atoms with Crippen molar-refractivity contribution in [2.24, 2.45) is 0 Å². The van der Waals surface area contributed by atoms with Crippen LogP contribution in [-0.4, -0.2) is 0 Å². The second-order valence-corrected chi connectivity index (χ2v) is 14.5. The van der Waals surface area contributed by atoms with E-state index in [1.54, 1.807) is 11.3 Å². The summed E-state index contributed by atoms with van der Waals surface area (Å²) in [5, 5.41) is 6.51. The van der Waals surface area contributed by atoms with Crippen molar-refractivity contribution in [2.75, 3.05) is 0 Å². The minimum atomic E-state index is 1.16. The standard InChI is InChI=1S/C42H26S3/c1-3-28-34-17-9-14-29(40(34)43-37(28)4-2)25-22-26(30-15-10-18-35-32-12-5-7-20-38(32)44-41(30)35)24-27(23-25)31-16-11-19-36-33-13-6-8-21-39(33)45-42(31)36/h3-24H,1-2H2. The largest absolute Gasteiger partial charge is 0.135 e. The third-order valence-electron chi connectivity index (χ3n) is 8.85. The molecule has 3 heteroatoms. The van der Waals surface area contributed by atoms with Crippen molar-refractivity contribution >= 4 is 96.6 Å². The van der Waals surface area contributed by atoms with Gasteiger partial charge in [-0.25, -0.2) is 0 Å². The highest BCUT2D eigenvalue weighted by Crippen LogP contribution is 2.46. The Balaban J connectivity index is 1.37. The van der Waals surface area contributed by atoms with Gasteiger partial charge in [-0.05, 0) is 69.3 Å². The van der Waals surface area contributed by atoms with Crippen LogP contribution in [0.5, 0.6) is 0 Å². The van der Waals surface area contributed by atoms with E-state index in [2.05, 4.69) is 134 Å². The molecule has 0 fully saturated rings. The van der Waals surface area contributed by atoms with Crippen LogP contribution in [0.15, 0.2) is 134 Å². The first-order valence-corrected chi connectivity index (χ1v) is 17.4. The van der Waals surface area contributed by atoms with Crippen molar-refractivity contribution in [1.82, 2.24) is 0 Å². The normalized spacial score (nSPS) is 11.7. The smallest absolute Gasteiger partial charge is 0.0433 e. The lowest BCUT2D eigenvalue weighted by Gasteiger charge is -2.13. The molecule has 0 spiro atoms. The summed E-state index contributed by atoms with van der Waals surface area (Å²) in [4.78, 5) is 1.16. The van der Waals surface area contributed by atoms with E-state index in [1.807, 2.05) is 34.8 Å². The number of fused-ring (bicyclic) bond motifs is 7. The van der Waals surface area contributed by atoms with Crippen LogP contribution in [0.2, 0.25) is 0 Å². The maximum absolute atomic E-state index is 4.13. The van der Waals surface area contributed by atoms with Gasteiger partial charge in [0.1, 0.15) is 0 Å². The van der Waals surface area contributed by atoms with Gasteiger partial charge in [0.25, 0.3) is 0 Å². The summed E-state index contributed by atoms with van der Waals surface area (Å²) in [7, 11) is 0. The van der Waals surface area contributed by atoms with E-state index in [9.17, 15) is 0 Å². The molecule has 212 valence electrons. The summed E-state index contributed by atoms with van der Waals surface area (Å²) in [6.07, 6.45) is 3.92. The molecule has 45 heavy (non-hydrogen) atoms. The van der Waals surface area contributed by atoms with Crippen molar-refractivity contribution in [3.05, 3.63) is 145 Å². The van der Waals surface area contributed by atoms with Gasteiger partial charge in [0, 0.05) is 55.3 Å². The molecule has 0 radical (unpaired) electrons. The third kappa shape index (κ3) is 4.09. The molecular weight excluding hydrogens is 601 g/mol. The zero-order valence-electron chi connectivity index (χ0n) is 24.3. The fraction of sp³-hybridized carbons (Fsp3) is 0. The quantitative estimate of drug-likeness (QED) is 0.178. The molecular formula is C42H26S3. The zero-order chi connectivity index (χ0) is 30.1. The van der Waals surface area contributed by atoms with E-state index >= 15 is 0 Å². The first-order valence-electron chi connectivity index (χ1n) is 15.0. The highest BCUT2D eigenvalue weighted by molar-refractivity contribution is 7.26. The fourth-order valence-corrected chi connectivity index (χ4v) is 10.5. The lowest BCUT2D eigenvalue weighted by Crippen LogP contribution is -1.87. The molecule has 0 aliphatic carbocycles. The first-order chi connectivity index (χ1) is 22.2. The van der Waals surface area contributed by atoms with Gasteiger partial charge in [0.15, 0.2) is 0 Å². The number of hydrogen-bond donors (Lipinski definition) is 0. The molecule has 3 heterocycles. The second kappa shape index (κ2) is 10.4. The molecule has 0 N–H and O–H groups in total. The average Bonchev–Trinajstić information content (AvgIpc) is 3.78. The molecule has 0 nitrogen and oxygen atoms in total. The Labute approximate surface area is 273 Å². The van der Waals surface area contributed by atoms with E-state index in [0.29, 0.717) is 0 Å². The van der Waals surface area contributed by atoms with Crippen LogP contribution >= 0.6 is 34.0 Å². The lowest BCUT2D eigenvalue weighted by molar-refractivity contribution is 1.63. The van der Waals surface area contributed by atoms with Gasteiger partial charge >= 0.3 is 0 Å². The molecule has 0 saturated heterocycles. The Morgan fingerprint density at radius 3 is 1.29 bits per heavy atom. The van der Waals surface area contributed by atoms with E-state index in [-0.39, 0.29) is 0 Å². The number of rotatable bonds is 5. The first kappa shape index (κ1) is 26.6. The van der Waals surface area contributed by atoms with Gasteiger partial charge < -0.3 is 0 Å². The van der Waals surface area contributed by atoms with Gasteiger partial charge in [-0.2, -0.15) is 0 Å². The SMILES string of the molecule is C=Cc1sc2c(-c3cc(-c4cccc5c4sc4ccccc45)cc(-c4cccc5c4sc4ccccc45)c3)cccc2c1C=C. The van der Waals surface area contributed by atoms with E-state index in [4.69, 9.17) is 0 Å². The van der Waals surface area contributed by atoms with Crippen LogP contribution in [0.4, 0.5) is 0 Å². The third-order valence-corrected chi connectivity index (χ3v) is 12.5. The van der Waals surface area contributed by atoms with Crippen LogP contribution in [0.3, 0.4) is 0 Å². The summed E-state index contributed by atoms with van der Waals surface area (Å²) in [6.45, 7) is 8.23. The minimum absolute atomic E-state index is 1.16. The van der Waals surface area contributed by atoms with Crippen molar-refractivity contribution in [1.29, 1.82) is 0 Å². The maximum Gasteiger partial charge on any atom is 0.0433 e. The summed E-state index contributed by atoms with van der Waals surface area (Å²) in [6, 6.07) is 44.9. The van der Waals surface area contributed by atoms with Crippen LogP contribution in [0.1, 0.15) is 10.4 Å². The number of hydrogen-bond acceptors (Lipinski definition) is 3. The van der Waals surface area contributed by atoms with E-state index < -0.39 is 0 Å². The van der Waals surface area contributed by atoms with Crippen molar-refractivity contribution in [3.8, 4) is 33.4 Å². The highest BCUT2D eigenvalue weighted by atomic mass is 32.1. The van der Waals surface area contributed by atoms with Crippen LogP contribution in [-0.2, 0) is 0 Å². The Morgan fingerprint density at radius 2 is 0.822 bits per heavy atom. The van der Waals surface area contributed by atoms with Gasteiger partial charge in [0.2, 0.25) is 0 Å². The molecule has 0 bridgehead atoms. The Morgan fingerprint density at radius 1 is 0.400 bits per heavy atom. The second-order valence-electron chi connectivity index (χ2n) is 11.3. The van der Waals surface area contributed by atoms with Gasteiger partial charge in [0.05, 0.1) is 0 Å². The number of benzene rings is 6. The maximum atomic E-state index is 4.13. The molecule has 9 aromatic rings. The Bertz CT molecular complexity index is 2510. The zero-order valence-corrected chi connectivity index (χ0v) is 26.8. The molecule has 0 aliphatic rings. The topological polar surface area (TPSA) is 0 Å². The predicted molar refractivity (Wildman–Crippen MR) is 204 cm³/mol. The molecule has 0 atom stereocenters. The summed E-state index contributed by atoms with van der Waals surface area (Å²) in [5.41, 5.74) is 8.64. The van der Waals surface area contributed by atoms with Crippen LogP contribution < -0.4 is 0 Å². The van der Waals surface area contributed by atoms with Crippen molar-refractivity contribution in [2.45, 2.75) is 0 Å². The molecule has 0 aliphatic heterocycles. The summed E-state index contributed by atoms with van der Waals surface area (Å²) >= 11 is 5.57.